The van der Waals surface area contributed by atoms with E-state index in [2.05, 4.69) is 30.5 Å². The molecule has 0 amide bonds. The van der Waals surface area contributed by atoms with E-state index in [9.17, 15) is 13.2 Å². The Kier molecular flexibility index (Phi) is 6.14. The van der Waals surface area contributed by atoms with Crippen molar-refractivity contribution in [3.8, 4) is 23.0 Å². The Labute approximate surface area is 190 Å². The quantitative estimate of drug-likeness (QED) is 0.382. The van der Waals surface area contributed by atoms with Crippen molar-refractivity contribution in [3.05, 3.63) is 48.2 Å². The summed E-state index contributed by atoms with van der Waals surface area (Å²) in [6, 6.07) is 6.77. The maximum Gasteiger partial charge on any atom is 0.395 e. The second-order valence-corrected chi connectivity index (χ2v) is 7.85. The lowest BCUT2D eigenvalue weighted by Gasteiger charge is -2.19. The predicted molar refractivity (Wildman–Crippen MR) is 120 cm³/mol. The van der Waals surface area contributed by atoms with Crippen LogP contribution in [0.2, 0.25) is 0 Å². The van der Waals surface area contributed by atoms with Crippen molar-refractivity contribution < 1.29 is 17.9 Å². The molecule has 1 aliphatic carbocycles. The summed E-state index contributed by atoms with van der Waals surface area (Å²) in [7, 11) is 0. The number of allylic oxidation sites excluding steroid dienone is 3. The summed E-state index contributed by atoms with van der Waals surface area (Å²) in [6.45, 7) is 0. The fraction of sp³-hybridized carbons (Fsp3) is 0.200. The zero-order valence-corrected chi connectivity index (χ0v) is 18.0. The summed E-state index contributed by atoms with van der Waals surface area (Å²) in [6.07, 6.45) is 1.65. The molecule has 0 aliphatic heterocycles. The van der Waals surface area contributed by atoms with Crippen molar-refractivity contribution in [2.24, 2.45) is 5.92 Å². The van der Waals surface area contributed by atoms with Crippen LogP contribution in [0.25, 0.3) is 11.4 Å². The second-order valence-electron chi connectivity index (χ2n) is 7.00. The number of benzene rings is 1. The SMILES string of the molecule is CSc1cc(-c2nc(NC3=CC(C(F)(F)F)CC=C3)n[nH]2)ccc1Oc1cc(N)nc(N)n1. The molecule has 1 aliphatic rings. The fourth-order valence-electron chi connectivity index (χ4n) is 3.09. The predicted octanol–water partition coefficient (Wildman–Crippen LogP) is 4.37. The smallest absolute Gasteiger partial charge is 0.395 e. The molecule has 2 heterocycles. The van der Waals surface area contributed by atoms with E-state index in [1.807, 2.05) is 12.3 Å². The highest BCUT2D eigenvalue weighted by Gasteiger charge is 2.38. The van der Waals surface area contributed by atoms with Gasteiger partial charge in [-0.1, -0.05) is 6.08 Å². The van der Waals surface area contributed by atoms with Gasteiger partial charge in [0.05, 0.1) is 10.8 Å². The van der Waals surface area contributed by atoms with Gasteiger partial charge in [0.25, 0.3) is 0 Å². The van der Waals surface area contributed by atoms with Gasteiger partial charge in [-0.2, -0.15) is 28.1 Å². The first-order valence-electron chi connectivity index (χ1n) is 9.62. The maximum atomic E-state index is 13.0. The minimum Gasteiger partial charge on any atom is -0.438 e. The number of nitrogen functional groups attached to an aromatic ring is 2. The summed E-state index contributed by atoms with van der Waals surface area (Å²) in [5.74, 6) is -0.0352. The molecule has 13 heteroatoms. The van der Waals surface area contributed by atoms with Gasteiger partial charge >= 0.3 is 6.18 Å². The number of aromatic nitrogens is 5. The van der Waals surface area contributed by atoms with Gasteiger partial charge in [0.1, 0.15) is 11.6 Å². The van der Waals surface area contributed by atoms with Gasteiger partial charge in [0, 0.05) is 17.3 Å². The Morgan fingerprint density at radius 3 is 2.73 bits per heavy atom. The molecule has 33 heavy (non-hydrogen) atoms. The molecule has 0 bridgehead atoms. The van der Waals surface area contributed by atoms with E-state index < -0.39 is 12.1 Å². The van der Waals surface area contributed by atoms with E-state index in [1.165, 1.54) is 23.9 Å². The van der Waals surface area contributed by atoms with Gasteiger partial charge in [-0.3, -0.25) is 5.10 Å². The van der Waals surface area contributed by atoms with Crippen molar-refractivity contribution in [1.29, 1.82) is 0 Å². The lowest BCUT2D eigenvalue weighted by Crippen LogP contribution is -2.23. The number of H-pyrrole nitrogens is 1. The van der Waals surface area contributed by atoms with Gasteiger partial charge in [0.15, 0.2) is 5.82 Å². The zero-order valence-electron chi connectivity index (χ0n) is 17.2. The third-order valence-electron chi connectivity index (χ3n) is 4.62. The Hall–Kier alpha value is -3.74. The van der Waals surface area contributed by atoms with Crippen molar-refractivity contribution in [1.82, 2.24) is 25.1 Å². The molecule has 172 valence electrons. The van der Waals surface area contributed by atoms with E-state index >= 15 is 0 Å². The molecule has 9 nitrogen and oxygen atoms in total. The number of halogens is 3. The summed E-state index contributed by atoms with van der Waals surface area (Å²) in [4.78, 5) is 12.9. The number of ether oxygens (including phenoxy) is 1. The summed E-state index contributed by atoms with van der Waals surface area (Å²) in [5, 5.41) is 9.65. The van der Waals surface area contributed by atoms with Crippen LogP contribution in [0.4, 0.5) is 30.9 Å². The fourth-order valence-corrected chi connectivity index (χ4v) is 3.65. The molecule has 4 rings (SSSR count). The van der Waals surface area contributed by atoms with Crippen LogP contribution in [0, 0.1) is 5.92 Å². The molecule has 0 saturated carbocycles. The largest absolute Gasteiger partial charge is 0.438 e. The molecular formula is C20H19F3N8OS. The third-order valence-corrected chi connectivity index (χ3v) is 5.38. The van der Waals surface area contributed by atoms with Crippen LogP contribution in [0.15, 0.2) is 53.1 Å². The number of thioether (sulfide) groups is 1. The van der Waals surface area contributed by atoms with Crippen LogP contribution >= 0.6 is 11.8 Å². The Bertz CT molecular complexity index is 1200. The topological polar surface area (TPSA) is 141 Å². The molecule has 2 aromatic heterocycles. The number of anilines is 3. The molecule has 1 unspecified atom stereocenters. The number of rotatable bonds is 6. The van der Waals surface area contributed by atoms with Crippen molar-refractivity contribution in [2.75, 3.05) is 23.0 Å². The molecule has 0 saturated heterocycles. The van der Waals surface area contributed by atoms with Gasteiger partial charge in [0.2, 0.25) is 17.8 Å². The lowest BCUT2D eigenvalue weighted by molar-refractivity contribution is -0.160. The van der Waals surface area contributed by atoms with E-state index in [4.69, 9.17) is 16.2 Å². The number of hydrogen-bond donors (Lipinski definition) is 4. The van der Waals surface area contributed by atoms with Crippen LogP contribution < -0.4 is 21.5 Å². The van der Waals surface area contributed by atoms with Crippen molar-refractivity contribution in [2.45, 2.75) is 17.5 Å². The maximum absolute atomic E-state index is 13.0. The number of aromatic amines is 1. The zero-order chi connectivity index (χ0) is 23.6. The highest BCUT2D eigenvalue weighted by Crippen LogP contribution is 2.35. The molecular weight excluding hydrogens is 457 g/mol. The molecule has 0 spiro atoms. The van der Waals surface area contributed by atoms with E-state index in [1.54, 1.807) is 18.2 Å². The minimum atomic E-state index is -4.30. The third kappa shape index (κ3) is 5.37. The van der Waals surface area contributed by atoms with Crippen molar-refractivity contribution >= 4 is 29.5 Å². The Balaban J connectivity index is 1.52. The van der Waals surface area contributed by atoms with Gasteiger partial charge < -0.3 is 21.5 Å². The molecule has 0 fully saturated rings. The second kappa shape index (κ2) is 9.02. The van der Waals surface area contributed by atoms with Crippen LogP contribution in [0.5, 0.6) is 11.6 Å². The summed E-state index contributed by atoms with van der Waals surface area (Å²) >= 11 is 1.44. The van der Waals surface area contributed by atoms with E-state index in [-0.39, 0.29) is 35.7 Å². The first kappa shape index (κ1) is 22.5. The van der Waals surface area contributed by atoms with Crippen LogP contribution in [0.3, 0.4) is 0 Å². The number of nitrogens with one attached hydrogen (secondary N) is 2. The number of hydrogen-bond acceptors (Lipinski definition) is 9. The molecule has 0 radical (unpaired) electrons. The first-order valence-corrected chi connectivity index (χ1v) is 10.8. The molecule has 6 N–H and O–H groups in total. The van der Waals surface area contributed by atoms with Crippen LogP contribution in [-0.4, -0.2) is 37.6 Å². The standard InChI is InChI=1S/C20H19F3N8OS/c1-33-14-7-10(5-6-13(14)32-16-9-15(24)27-18(25)28-16)17-29-19(31-30-17)26-12-4-2-3-11(8-12)20(21,22)23/h2,4-9,11H,3H2,1H3,(H4,24,25,27,28)(H2,26,29,30,31). The highest BCUT2D eigenvalue weighted by molar-refractivity contribution is 7.98. The normalized spacial score (nSPS) is 15.9. The molecule has 1 aromatic carbocycles. The van der Waals surface area contributed by atoms with Crippen LogP contribution in [0.1, 0.15) is 6.42 Å². The molecule has 3 aromatic rings. The highest BCUT2D eigenvalue weighted by atomic mass is 32.2. The van der Waals surface area contributed by atoms with Gasteiger partial charge in [-0.05, 0) is 43.0 Å². The van der Waals surface area contributed by atoms with Crippen molar-refractivity contribution in [3.63, 3.8) is 0 Å². The van der Waals surface area contributed by atoms with Gasteiger partial charge in [-0.15, -0.1) is 16.9 Å². The molecule has 1 atom stereocenters. The van der Waals surface area contributed by atoms with E-state index in [0.29, 0.717) is 17.1 Å². The monoisotopic (exact) mass is 476 g/mol. The first-order chi connectivity index (χ1) is 15.7. The minimum absolute atomic E-state index is 0.00140. The Morgan fingerprint density at radius 1 is 1.18 bits per heavy atom. The average Bonchev–Trinajstić information content (AvgIpc) is 3.21. The lowest BCUT2D eigenvalue weighted by atomic mass is 9.99. The number of nitrogens with two attached hydrogens (primary N) is 2. The van der Waals surface area contributed by atoms with Gasteiger partial charge in [-0.25, -0.2) is 0 Å². The number of alkyl halides is 3. The van der Waals surface area contributed by atoms with Crippen LogP contribution in [-0.2, 0) is 0 Å². The van der Waals surface area contributed by atoms with E-state index in [0.717, 1.165) is 11.0 Å². The average molecular weight is 476 g/mol. The Morgan fingerprint density at radius 2 is 2.00 bits per heavy atom. The summed E-state index contributed by atoms with van der Waals surface area (Å²) in [5.41, 5.74) is 12.3. The summed E-state index contributed by atoms with van der Waals surface area (Å²) < 4.78 is 44.8. The number of nitrogens with zero attached hydrogens (tertiary/aromatic N) is 4.